The highest BCUT2D eigenvalue weighted by atomic mass is 31.2. The Kier molecular flexibility index (Phi) is 7.25. The Morgan fingerprint density at radius 2 is 1.72 bits per heavy atom. The van der Waals surface area contributed by atoms with Gasteiger partial charge in [0, 0.05) is 53.1 Å². The normalized spacial score (nSPS) is 15.3. The third-order valence-electron chi connectivity index (χ3n) is 7.42. The average molecular weight is 556 g/mol. The number of halogens is 3. The van der Waals surface area contributed by atoms with Crippen molar-refractivity contribution in [1.82, 2.24) is 14.9 Å². The third-order valence-corrected chi connectivity index (χ3v) is 8.98. The van der Waals surface area contributed by atoms with Crippen molar-refractivity contribution in [2.75, 3.05) is 50.7 Å². The maximum atomic E-state index is 13.8. The van der Waals surface area contributed by atoms with Crippen LogP contribution in [0.4, 0.5) is 30.2 Å². The van der Waals surface area contributed by atoms with E-state index < -0.39 is 18.9 Å². The van der Waals surface area contributed by atoms with E-state index in [1.807, 2.05) is 6.07 Å². The van der Waals surface area contributed by atoms with E-state index >= 15 is 0 Å². The summed E-state index contributed by atoms with van der Waals surface area (Å²) in [5, 5.41) is 3.64. The van der Waals surface area contributed by atoms with Gasteiger partial charge in [0.25, 0.3) is 0 Å². The molecule has 1 saturated heterocycles. The van der Waals surface area contributed by atoms with E-state index in [1.165, 1.54) is 31.1 Å². The van der Waals surface area contributed by atoms with E-state index in [0.29, 0.717) is 17.4 Å². The second kappa shape index (κ2) is 10.4. The molecule has 39 heavy (non-hydrogen) atoms. The van der Waals surface area contributed by atoms with Gasteiger partial charge in [-0.2, -0.15) is 13.2 Å². The van der Waals surface area contributed by atoms with Gasteiger partial charge < -0.3 is 24.7 Å². The number of nitrogens with zero attached hydrogens (tertiary/aromatic N) is 3. The van der Waals surface area contributed by atoms with Gasteiger partial charge in [0.2, 0.25) is 0 Å². The molecule has 0 bridgehead atoms. The summed E-state index contributed by atoms with van der Waals surface area (Å²) in [7, 11) is 1.00. The predicted molar refractivity (Wildman–Crippen MR) is 154 cm³/mol. The van der Waals surface area contributed by atoms with Crippen LogP contribution >= 0.6 is 7.14 Å². The maximum absolute atomic E-state index is 13.8. The molecular formula is C29H33F3N5OP. The van der Waals surface area contributed by atoms with Crippen molar-refractivity contribution >= 4 is 40.5 Å². The SMILES string of the molecule is CN(C)C1CCN(c2ccc(-c3cc4c(Nc5cccc(C(F)(F)F)c5P(C)(C)=O)ccnc4[nH]3)cc2)CC1. The highest BCUT2D eigenvalue weighted by Gasteiger charge is 2.37. The van der Waals surface area contributed by atoms with E-state index in [1.54, 1.807) is 12.3 Å². The predicted octanol–water partition coefficient (Wildman–Crippen LogP) is 6.77. The number of nitrogens with one attached hydrogen (secondary N) is 2. The molecule has 4 aromatic rings. The molecule has 1 aliphatic rings. The molecule has 0 unspecified atom stereocenters. The fourth-order valence-electron chi connectivity index (χ4n) is 5.38. The van der Waals surface area contributed by atoms with Gasteiger partial charge in [0.05, 0.1) is 11.3 Å². The van der Waals surface area contributed by atoms with Crippen molar-refractivity contribution in [2.45, 2.75) is 25.1 Å². The number of aromatic amines is 1. The zero-order valence-corrected chi connectivity index (χ0v) is 23.4. The summed E-state index contributed by atoms with van der Waals surface area (Å²) >= 11 is 0. The van der Waals surface area contributed by atoms with Crippen LogP contribution in [-0.2, 0) is 10.7 Å². The standard InChI is InChI=1S/C29H33F3N5OP/c1-36(2)20-13-16-37(17-14-20)21-10-8-19(9-11-21)26-18-22-24(12-15-33-28(22)35-26)34-25-7-5-6-23(29(30,31)32)27(25)39(3,4)38/h5-12,15,18,20H,13-14,16-17H2,1-4H3,(H2,33,34,35). The molecule has 1 fully saturated rings. The highest BCUT2D eigenvalue weighted by Crippen LogP contribution is 2.44. The van der Waals surface area contributed by atoms with E-state index in [2.05, 4.69) is 63.4 Å². The molecule has 0 saturated carbocycles. The summed E-state index contributed by atoms with van der Waals surface area (Å²) < 4.78 is 54.3. The van der Waals surface area contributed by atoms with Crippen LogP contribution in [0.25, 0.3) is 22.3 Å². The minimum Gasteiger partial charge on any atom is -0.371 e. The zero-order chi connectivity index (χ0) is 27.9. The van der Waals surface area contributed by atoms with Crippen LogP contribution in [0.2, 0.25) is 0 Å². The summed E-state index contributed by atoms with van der Waals surface area (Å²) in [4.78, 5) is 12.5. The number of hydrogen-bond acceptors (Lipinski definition) is 5. The molecule has 2 aromatic heterocycles. The fourth-order valence-corrected chi connectivity index (χ4v) is 6.87. The molecule has 1 aliphatic heterocycles. The lowest BCUT2D eigenvalue weighted by Crippen LogP contribution is -2.41. The van der Waals surface area contributed by atoms with Gasteiger partial charge >= 0.3 is 6.18 Å². The molecule has 3 heterocycles. The van der Waals surface area contributed by atoms with Gasteiger partial charge in [0.1, 0.15) is 12.8 Å². The van der Waals surface area contributed by atoms with Crippen LogP contribution in [-0.4, -0.2) is 61.4 Å². The smallest absolute Gasteiger partial charge is 0.371 e. The van der Waals surface area contributed by atoms with Gasteiger partial charge in [-0.3, -0.25) is 0 Å². The quantitative estimate of drug-likeness (QED) is 0.257. The Morgan fingerprint density at radius 1 is 1.03 bits per heavy atom. The number of benzene rings is 2. The van der Waals surface area contributed by atoms with Gasteiger partial charge in [-0.25, -0.2) is 4.98 Å². The van der Waals surface area contributed by atoms with Crippen LogP contribution in [0.15, 0.2) is 60.8 Å². The Hall–Kier alpha value is -3.29. The second-order valence-electron chi connectivity index (χ2n) is 10.7. The fraction of sp³-hybridized carbons (Fsp3) is 0.345. The first-order valence-electron chi connectivity index (χ1n) is 12.9. The van der Waals surface area contributed by atoms with Gasteiger partial charge in [0.15, 0.2) is 0 Å². The van der Waals surface area contributed by atoms with Crippen LogP contribution in [0.1, 0.15) is 18.4 Å². The average Bonchev–Trinajstić information content (AvgIpc) is 3.33. The van der Waals surface area contributed by atoms with Crippen LogP contribution < -0.4 is 15.5 Å². The number of rotatable bonds is 6. The molecule has 0 radical (unpaired) electrons. The molecular weight excluding hydrogens is 522 g/mol. The number of fused-ring (bicyclic) bond motifs is 1. The molecule has 5 rings (SSSR count). The Labute approximate surface area is 226 Å². The molecule has 10 heteroatoms. The molecule has 0 amide bonds. The zero-order valence-electron chi connectivity index (χ0n) is 22.5. The van der Waals surface area contributed by atoms with Crippen molar-refractivity contribution < 1.29 is 17.7 Å². The van der Waals surface area contributed by atoms with E-state index in [-0.39, 0.29) is 11.0 Å². The molecule has 6 nitrogen and oxygen atoms in total. The van der Waals surface area contributed by atoms with Crippen molar-refractivity contribution in [3.63, 3.8) is 0 Å². The molecule has 0 atom stereocenters. The van der Waals surface area contributed by atoms with Crippen LogP contribution in [0, 0.1) is 0 Å². The van der Waals surface area contributed by atoms with Crippen molar-refractivity contribution in [2.24, 2.45) is 0 Å². The molecule has 0 aliphatic carbocycles. The van der Waals surface area contributed by atoms with Crippen molar-refractivity contribution in [3.8, 4) is 11.3 Å². The largest absolute Gasteiger partial charge is 0.417 e. The van der Waals surface area contributed by atoms with Gasteiger partial charge in [-0.1, -0.05) is 18.2 Å². The Balaban J connectivity index is 1.43. The minimum absolute atomic E-state index is 0.177. The van der Waals surface area contributed by atoms with Crippen molar-refractivity contribution in [3.05, 3.63) is 66.4 Å². The first kappa shape index (κ1) is 27.3. The van der Waals surface area contributed by atoms with E-state index in [4.69, 9.17) is 0 Å². The van der Waals surface area contributed by atoms with E-state index in [9.17, 15) is 17.7 Å². The molecule has 2 aromatic carbocycles. The highest BCUT2D eigenvalue weighted by molar-refractivity contribution is 7.70. The Bertz CT molecular complexity index is 1520. The summed E-state index contributed by atoms with van der Waals surface area (Å²) in [5.74, 6) is 0. The monoisotopic (exact) mass is 555 g/mol. The first-order chi connectivity index (χ1) is 18.4. The van der Waals surface area contributed by atoms with Gasteiger partial charge in [-0.05, 0) is 82.2 Å². The van der Waals surface area contributed by atoms with Crippen LogP contribution in [0.3, 0.4) is 0 Å². The van der Waals surface area contributed by atoms with Crippen LogP contribution in [0.5, 0.6) is 0 Å². The summed E-state index contributed by atoms with van der Waals surface area (Å²) in [6, 6.07) is 16.5. The number of anilines is 3. The van der Waals surface area contributed by atoms with Gasteiger partial charge in [-0.15, -0.1) is 0 Å². The molecule has 206 valence electrons. The summed E-state index contributed by atoms with van der Waals surface area (Å²) in [6.45, 7) is 4.75. The lowest BCUT2D eigenvalue weighted by atomic mass is 10.0. The third kappa shape index (κ3) is 5.70. The lowest BCUT2D eigenvalue weighted by Gasteiger charge is -2.36. The summed E-state index contributed by atoms with van der Waals surface area (Å²) in [6.07, 6.45) is -0.747. The number of alkyl halides is 3. The number of pyridine rings is 1. The number of aromatic nitrogens is 2. The number of hydrogen-bond donors (Lipinski definition) is 2. The number of H-pyrrole nitrogens is 1. The molecule has 0 spiro atoms. The minimum atomic E-state index is -4.61. The first-order valence-corrected chi connectivity index (χ1v) is 15.5. The van der Waals surface area contributed by atoms with Crippen molar-refractivity contribution in [1.29, 1.82) is 0 Å². The topological polar surface area (TPSA) is 64.3 Å². The maximum Gasteiger partial charge on any atom is 0.417 e. The Morgan fingerprint density at radius 3 is 2.33 bits per heavy atom. The van der Waals surface area contributed by atoms with E-state index in [0.717, 1.165) is 48.6 Å². The number of piperidine rings is 1. The molecule has 2 N–H and O–H groups in total. The summed E-state index contributed by atoms with van der Waals surface area (Å²) in [5.41, 5.74) is 3.50. The lowest BCUT2D eigenvalue weighted by molar-refractivity contribution is -0.136. The second-order valence-corrected chi connectivity index (χ2v) is 13.9.